The monoisotopic (exact) mass is 434 g/mol. The Morgan fingerprint density at radius 3 is 1.88 bits per heavy atom. The van der Waals surface area contributed by atoms with Crippen molar-refractivity contribution in [1.82, 2.24) is 9.97 Å². The molecule has 0 radical (unpaired) electrons. The van der Waals surface area contributed by atoms with E-state index >= 15 is 0 Å². The lowest BCUT2D eigenvalue weighted by molar-refractivity contribution is 0.621. The van der Waals surface area contributed by atoms with E-state index in [1.165, 1.54) is 24.3 Å². The summed E-state index contributed by atoms with van der Waals surface area (Å²) in [4.78, 5) is 6.97. The molecule has 0 saturated carbocycles. The zero-order valence-electron chi connectivity index (χ0n) is 17.6. The van der Waals surface area contributed by atoms with Gasteiger partial charge >= 0.3 is 0 Å². The van der Waals surface area contributed by atoms with Crippen LogP contribution in [0.1, 0.15) is 22.7 Å². The summed E-state index contributed by atoms with van der Waals surface area (Å²) >= 11 is 0. The van der Waals surface area contributed by atoms with Crippen molar-refractivity contribution in [2.45, 2.75) is 5.92 Å². The van der Waals surface area contributed by atoms with Crippen LogP contribution in [0.2, 0.25) is 0 Å². The third-order valence-electron chi connectivity index (χ3n) is 6.25. The van der Waals surface area contributed by atoms with Crippen molar-refractivity contribution in [3.63, 3.8) is 0 Å². The molecule has 0 spiro atoms. The van der Waals surface area contributed by atoms with Crippen LogP contribution in [0, 0.1) is 11.6 Å². The average Bonchev–Trinajstić information content (AvgIpc) is 3.40. The molecular weight excluding hydrogens is 414 g/mol. The molecule has 0 amide bonds. The summed E-state index contributed by atoms with van der Waals surface area (Å²) in [5.74, 6) is -1.02. The van der Waals surface area contributed by atoms with Gasteiger partial charge in [-0.25, -0.2) is 8.78 Å². The summed E-state index contributed by atoms with van der Waals surface area (Å²) in [5, 5.41) is 2.16. The van der Waals surface area contributed by atoms with Gasteiger partial charge in [0.15, 0.2) is 0 Å². The Bertz CT molecular complexity index is 1560. The molecule has 2 aromatic heterocycles. The second-order valence-corrected chi connectivity index (χ2v) is 8.25. The van der Waals surface area contributed by atoms with Crippen LogP contribution in [-0.4, -0.2) is 9.97 Å². The fraction of sp³-hybridized carbons (Fsp3) is 0.0345. The SMILES string of the molecule is Fc1cccc(C(c2cccc(F)c2)c2[nH]c3ccccc3c2-c2c[nH]c3ccccc23)c1. The Morgan fingerprint density at radius 1 is 0.606 bits per heavy atom. The highest BCUT2D eigenvalue weighted by atomic mass is 19.1. The van der Waals surface area contributed by atoms with Crippen molar-refractivity contribution in [1.29, 1.82) is 0 Å². The minimum absolute atomic E-state index is 0.321. The normalized spacial score (nSPS) is 11.6. The molecule has 2 heterocycles. The number of nitrogens with one attached hydrogen (secondary N) is 2. The third kappa shape index (κ3) is 3.31. The molecule has 0 bridgehead atoms. The first-order chi connectivity index (χ1) is 16.2. The summed E-state index contributed by atoms with van der Waals surface area (Å²) in [5.41, 5.74) is 6.51. The molecule has 0 saturated heterocycles. The van der Waals surface area contributed by atoms with Crippen molar-refractivity contribution in [2.75, 3.05) is 0 Å². The lowest BCUT2D eigenvalue weighted by Crippen LogP contribution is -2.06. The predicted molar refractivity (Wildman–Crippen MR) is 129 cm³/mol. The Kier molecular flexibility index (Phi) is 4.58. The van der Waals surface area contributed by atoms with Crippen LogP contribution in [0.4, 0.5) is 8.78 Å². The number of hydrogen-bond donors (Lipinski definition) is 2. The van der Waals surface area contributed by atoms with Crippen LogP contribution in [0.5, 0.6) is 0 Å². The van der Waals surface area contributed by atoms with Crippen LogP contribution >= 0.6 is 0 Å². The first-order valence-electron chi connectivity index (χ1n) is 10.9. The number of aromatic amines is 2. The molecule has 4 aromatic carbocycles. The highest BCUT2D eigenvalue weighted by Crippen LogP contribution is 2.43. The molecule has 0 unspecified atom stereocenters. The topological polar surface area (TPSA) is 31.6 Å². The second kappa shape index (κ2) is 7.75. The molecule has 6 aromatic rings. The Morgan fingerprint density at radius 2 is 1.21 bits per heavy atom. The summed E-state index contributed by atoms with van der Waals surface area (Å²) in [7, 11) is 0. The number of fused-ring (bicyclic) bond motifs is 2. The first-order valence-corrected chi connectivity index (χ1v) is 10.9. The van der Waals surface area contributed by atoms with Gasteiger partial charge in [-0.1, -0.05) is 60.7 Å². The van der Waals surface area contributed by atoms with Crippen molar-refractivity contribution in [3.8, 4) is 11.1 Å². The molecule has 0 fully saturated rings. The van der Waals surface area contributed by atoms with Crippen molar-refractivity contribution < 1.29 is 8.78 Å². The number of H-pyrrole nitrogens is 2. The molecule has 160 valence electrons. The van der Waals surface area contributed by atoms with E-state index < -0.39 is 0 Å². The lowest BCUT2D eigenvalue weighted by atomic mass is 9.85. The molecule has 6 rings (SSSR count). The maximum atomic E-state index is 14.3. The van der Waals surface area contributed by atoms with E-state index in [4.69, 9.17) is 0 Å². The van der Waals surface area contributed by atoms with E-state index in [9.17, 15) is 8.78 Å². The molecule has 0 atom stereocenters. The zero-order valence-corrected chi connectivity index (χ0v) is 17.6. The Balaban J connectivity index is 1.70. The Hall–Kier alpha value is -4.18. The van der Waals surface area contributed by atoms with Crippen molar-refractivity contribution >= 4 is 21.8 Å². The van der Waals surface area contributed by atoms with Gasteiger partial charge in [0.1, 0.15) is 11.6 Å². The van der Waals surface area contributed by atoms with Crippen LogP contribution < -0.4 is 0 Å². The number of halogens is 2. The number of rotatable bonds is 4. The molecular formula is C29H20F2N2. The van der Waals surface area contributed by atoms with Gasteiger partial charge in [0.05, 0.1) is 0 Å². The molecule has 0 aliphatic rings. The highest BCUT2D eigenvalue weighted by Gasteiger charge is 2.26. The molecule has 0 aliphatic heterocycles. The minimum Gasteiger partial charge on any atom is -0.361 e. The van der Waals surface area contributed by atoms with Crippen LogP contribution in [0.15, 0.2) is 103 Å². The minimum atomic E-state index is -0.382. The Labute approximate surface area is 189 Å². The van der Waals surface area contributed by atoms with Gasteiger partial charge in [0, 0.05) is 50.7 Å². The average molecular weight is 434 g/mol. The number of benzene rings is 4. The molecule has 2 N–H and O–H groups in total. The smallest absolute Gasteiger partial charge is 0.123 e. The standard InChI is InChI=1S/C29H20F2N2/c30-20-9-5-7-18(15-20)27(19-8-6-10-21(31)16-19)29-28(23-12-2-4-14-26(23)33-29)24-17-32-25-13-3-1-11-22(24)25/h1-17,27,32-33H. The third-order valence-corrected chi connectivity index (χ3v) is 6.25. The summed E-state index contributed by atoms with van der Waals surface area (Å²) in [6.07, 6.45) is 2.01. The van der Waals surface area contributed by atoms with Gasteiger partial charge in [-0.15, -0.1) is 0 Å². The number of para-hydroxylation sites is 2. The maximum Gasteiger partial charge on any atom is 0.123 e. The van der Waals surface area contributed by atoms with Gasteiger partial charge in [-0.2, -0.15) is 0 Å². The van der Waals surface area contributed by atoms with E-state index in [-0.39, 0.29) is 17.6 Å². The molecule has 33 heavy (non-hydrogen) atoms. The van der Waals surface area contributed by atoms with Crippen molar-refractivity contribution in [3.05, 3.63) is 132 Å². The van der Waals surface area contributed by atoms with E-state index in [0.29, 0.717) is 0 Å². The van der Waals surface area contributed by atoms with Gasteiger partial charge < -0.3 is 9.97 Å². The molecule has 4 heteroatoms. The van der Waals surface area contributed by atoms with Gasteiger partial charge in [0.2, 0.25) is 0 Å². The van der Waals surface area contributed by atoms with E-state index in [2.05, 4.69) is 22.1 Å². The van der Waals surface area contributed by atoms with Gasteiger partial charge in [0.25, 0.3) is 0 Å². The zero-order chi connectivity index (χ0) is 22.4. The molecule has 0 aliphatic carbocycles. The fourth-order valence-electron chi connectivity index (χ4n) is 4.85. The van der Waals surface area contributed by atoms with Gasteiger partial charge in [-0.05, 0) is 47.5 Å². The van der Waals surface area contributed by atoms with Crippen LogP contribution in [-0.2, 0) is 0 Å². The molecule has 2 nitrogen and oxygen atoms in total. The number of aromatic nitrogens is 2. The maximum absolute atomic E-state index is 14.3. The van der Waals surface area contributed by atoms with Crippen LogP contribution in [0.25, 0.3) is 32.9 Å². The van der Waals surface area contributed by atoms with Crippen molar-refractivity contribution in [2.24, 2.45) is 0 Å². The highest BCUT2D eigenvalue weighted by molar-refractivity contribution is 6.06. The fourth-order valence-corrected chi connectivity index (χ4v) is 4.85. The largest absolute Gasteiger partial charge is 0.361 e. The van der Waals surface area contributed by atoms with E-state index in [1.807, 2.05) is 54.7 Å². The van der Waals surface area contributed by atoms with Crippen LogP contribution in [0.3, 0.4) is 0 Å². The lowest BCUT2D eigenvalue weighted by Gasteiger charge is -2.20. The number of hydrogen-bond acceptors (Lipinski definition) is 0. The van der Waals surface area contributed by atoms with E-state index in [0.717, 1.165) is 49.8 Å². The quantitative estimate of drug-likeness (QED) is 0.284. The van der Waals surface area contributed by atoms with Gasteiger partial charge in [-0.3, -0.25) is 0 Å². The summed E-state index contributed by atoms with van der Waals surface area (Å²) in [6, 6.07) is 29.4. The summed E-state index contributed by atoms with van der Waals surface area (Å²) < 4.78 is 28.7. The van der Waals surface area contributed by atoms with E-state index in [1.54, 1.807) is 12.1 Å². The second-order valence-electron chi connectivity index (χ2n) is 8.25. The summed E-state index contributed by atoms with van der Waals surface area (Å²) in [6.45, 7) is 0. The first kappa shape index (κ1) is 19.5. The predicted octanol–water partition coefficient (Wildman–Crippen LogP) is 7.77.